The van der Waals surface area contributed by atoms with Crippen LogP contribution < -0.4 is 5.32 Å². The fourth-order valence-corrected chi connectivity index (χ4v) is 6.72. The molecule has 3 aromatic heterocycles. The largest absolute Gasteiger partial charge is 0.337 e. The van der Waals surface area contributed by atoms with Crippen molar-refractivity contribution in [3.63, 3.8) is 0 Å². The Morgan fingerprint density at radius 1 is 1.14 bits per heavy atom. The van der Waals surface area contributed by atoms with Gasteiger partial charge in [0.1, 0.15) is 34.6 Å². The molecule has 9 nitrogen and oxygen atoms in total. The van der Waals surface area contributed by atoms with Gasteiger partial charge >= 0.3 is 0 Å². The molecule has 0 spiro atoms. The molecule has 11 heteroatoms. The van der Waals surface area contributed by atoms with E-state index in [1.807, 2.05) is 32.9 Å². The van der Waals surface area contributed by atoms with Crippen LogP contribution in [-0.2, 0) is 16.1 Å². The number of aromatic nitrogens is 4. The summed E-state index contributed by atoms with van der Waals surface area (Å²) in [6.45, 7) is 12.9. The average Bonchev–Trinajstić information content (AvgIpc) is 3.22. The minimum atomic E-state index is -0.792. The molecule has 2 amide bonds. The zero-order valence-electron chi connectivity index (χ0n) is 24.5. The molecule has 6 rings (SSSR count). The summed E-state index contributed by atoms with van der Waals surface area (Å²) >= 11 is 3.17. The molecule has 1 saturated heterocycles. The molecular formula is C32H30BrFN6O3. The molecular weight excluding hydrogens is 615 g/mol. The maximum atomic E-state index is 14.3. The van der Waals surface area contributed by atoms with E-state index in [4.69, 9.17) is 0 Å². The number of halogens is 2. The van der Waals surface area contributed by atoms with Crippen molar-refractivity contribution in [2.24, 2.45) is 5.41 Å². The summed E-state index contributed by atoms with van der Waals surface area (Å²) in [6.07, 6.45) is 5.59. The van der Waals surface area contributed by atoms with E-state index in [0.717, 1.165) is 33.2 Å². The van der Waals surface area contributed by atoms with Crippen molar-refractivity contribution in [1.29, 1.82) is 0 Å². The molecule has 220 valence electrons. The van der Waals surface area contributed by atoms with Crippen LogP contribution >= 0.6 is 15.9 Å². The number of rotatable bonds is 6. The highest BCUT2D eigenvalue weighted by Crippen LogP contribution is 2.63. The van der Waals surface area contributed by atoms with E-state index in [1.54, 1.807) is 28.1 Å². The average molecular weight is 646 g/mol. The van der Waals surface area contributed by atoms with Crippen LogP contribution in [0.25, 0.3) is 22.0 Å². The first kappa shape index (κ1) is 28.9. The zero-order valence-corrected chi connectivity index (χ0v) is 26.0. The van der Waals surface area contributed by atoms with Gasteiger partial charge in [-0.2, -0.15) is 0 Å². The summed E-state index contributed by atoms with van der Waals surface area (Å²) in [4.78, 5) is 54.7. The third-order valence-electron chi connectivity index (χ3n) is 8.79. The van der Waals surface area contributed by atoms with Crippen molar-refractivity contribution in [2.75, 3.05) is 5.32 Å². The minimum absolute atomic E-state index is 0.0793. The van der Waals surface area contributed by atoms with Crippen molar-refractivity contribution in [1.82, 2.24) is 24.4 Å². The van der Waals surface area contributed by atoms with Crippen molar-refractivity contribution in [3.05, 3.63) is 81.9 Å². The Morgan fingerprint density at radius 3 is 2.51 bits per heavy atom. The van der Waals surface area contributed by atoms with E-state index >= 15 is 0 Å². The molecule has 1 aromatic carbocycles. The lowest BCUT2D eigenvalue weighted by Gasteiger charge is -2.27. The molecule has 0 radical (unpaired) electrons. The molecule has 1 saturated carbocycles. The second-order valence-corrected chi connectivity index (χ2v) is 12.5. The Bertz CT molecular complexity index is 1880. The SMILES string of the molecule is C=C1[C@H]2N(C(=O)Cn3cc(C(C)=O)c4cc(-c5cnc(C)nc5)cc(C)c43)[C@H](C(=O)Nc3nc(Br)cc(F)c3C)C[C@@]12C. The molecule has 2 aliphatic rings. The number of anilines is 1. The van der Waals surface area contributed by atoms with Crippen LogP contribution in [0.2, 0.25) is 0 Å². The summed E-state index contributed by atoms with van der Waals surface area (Å²) in [7, 11) is 0. The Morgan fingerprint density at radius 2 is 1.84 bits per heavy atom. The van der Waals surface area contributed by atoms with Gasteiger partial charge in [-0.15, -0.1) is 0 Å². The monoisotopic (exact) mass is 644 g/mol. The lowest BCUT2D eigenvalue weighted by atomic mass is 10.00. The van der Waals surface area contributed by atoms with Crippen LogP contribution in [0.1, 0.15) is 47.6 Å². The summed E-state index contributed by atoms with van der Waals surface area (Å²) in [6, 6.07) is 4.06. The lowest BCUT2D eigenvalue weighted by molar-refractivity contribution is -0.138. The Kier molecular flexibility index (Phi) is 6.83. The van der Waals surface area contributed by atoms with Crippen LogP contribution in [0.5, 0.6) is 0 Å². The summed E-state index contributed by atoms with van der Waals surface area (Å²) in [5.41, 5.74) is 4.54. The number of likely N-dealkylation sites (tertiary alicyclic amines) is 1. The van der Waals surface area contributed by atoms with Gasteiger partial charge in [0.05, 0.1) is 11.6 Å². The van der Waals surface area contributed by atoms with Crippen LogP contribution in [0.15, 0.2) is 53.5 Å². The van der Waals surface area contributed by atoms with Crippen LogP contribution in [0.3, 0.4) is 0 Å². The molecule has 1 aliphatic heterocycles. The number of aryl methyl sites for hydroxylation is 2. The Labute approximate surface area is 256 Å². The predicted octanol–water partition coefficient (Wildman–Crippen LogP) is 5.71. The number of carbonyl (C=O) groups is 3. The van der Waals surface area contributed by atoms with Crippen molar-refractivity contribution in [2.45, 2.75) is 59.7 Å². The molecule has 0 bridgehead atoms. The van der Waals surface area contributed by atoms with Gasteiger partial charge in [-0.1, -0.05) is 13.5 Å². The van der Waals surface area contributed by atoms with E-state index in [1.165, 1.54) is 19.9 Å². The van der Waals surface area contributed by atoms with E-state index in [9.17, 15) is 18.8 Å². The number of nitrogens with zero attached hydrogens (tertiary/aromatic N) is 5. The van der Waals surface area contributed by atoms with Gasteiger partial charge in [0, 0.05) is 52.1 Å². The summed E-state index contributed by atoms with van der Waals surface area (Å²) in [5, 5.41) is 3.46. The first-order valence-electron chi connectivity index (χ1n) is 13.9. The van der Waals surface area contributed by atoms with Crippen molar-refractivity contribution >= 4 is 50.2 Å². The smallest absolute Gasteiger partial charge is 0.248 e. The first-order valence-corrected chi connectivity index (χ1v) is 14.7. The van der Waals surface area contributed by atoms with Gasteiger partial charge in [0.25, 0.3) is 0 Å². The Hall–Kier alpha value is -4.25. The summed E-state index contributed by atoms with van der Waals surface area (Å²) < 4.78 is 16.4. The van der Waals surface area contributed by atoms with Gasteiger partial charge in [0.15, 0.2) is 5.78 Å². The van der Waals surface area contributed by atoms with Gasteiger partial charge in [-0.3, -0.25) is 14.4 Å². The quantitative estimate of drug-likeness (QED) is 0.164. The van der Waals surface area contributed by atoms with E-state index in [2.05, 4.69) is 42.8 Å². The number of carbonyl (C=O) groups excluding carboxylic acids is 3. The molecule has 0 unspecified atom stereocenters. The molecule has 1 aliphatic carbocycles. The van der Waals surface area contributed by atoms with Gasteiger partial charge in [0.2, 0.25) is 11.8 Å². The third-order valence-corrected chi connectivity index (χ3v) is 9.19. The lowest BCUT2D eigenvalue weighted by Crippen LogP contribution is -2.47. The standard InChI is InChI=1S/C32H30BrFN6O3/c1-15-7-20(21-11-35-19(5)36-12-21)8-22-23(18(4)41)13-39(28(15)22)14-27(42)40-25(10-32(6)17(3)29(32)40)31(43)38-30-16(2)24(34)9-26(33)37-30/h7-9,11-13,25,29H,3,10,14H2,1-2,4-6H3,(H,37,38,43)/t25-,29+,32-/m0/s1. The number of amides is 2. The predicted molar refractivity (Wildman–Crippen MR) is 164 cm³/mol. The van der Waals surface area contributed by atoms with Crippen LogP contribution in [-0.4, -0.2) is 54.1 Å². The van der Waals surface area contributed by atoms with Crippen molar-refractivity contribution < 1.29 is 18.8 Å². The highest BCUT2D eigenvalue weighted by Gasteiger charge is 2.67. The highest BCUT2D eigenvalue weighted by molar-refractivity contribution is 9.10. The fourth-order valence-electron chi connectivity index (χ4n) is 6.34. The topological polar surface area (TPSA) is 110 Å². The van der Waals surface area contributed by atoms with Crippen molar-refractivity contribution in [3.8, 4) is 11.1 Å². The zero-order chi connectivity index (χ0) is 31.0. The molecule has 3 atom stereocenters. The number of pyridine rings is 1. The maximum Gasteiger partial charge on any atom is 0.248 e. The molecule has 1 N–H and O–H groups in total. The number of benzene rings is 1. The summed E-state index contributed by atoms with van der Waals surface area (Å²) in [5.74, 6) is -0.589. The second kappa shape index (κ2) is 10.2. The molecule has 4 aromatic rings. The number of nitrogens with one attached hydrogen (secondary N) is 1. The highest BCUT2D eigenvalue weighted by atomic mass is 79.9. The maximum absolute atomic E-state index is 14.3. The van der Waals surface area contributed by atoms with Crippen LogP contribution in [0, 0.1) is 32.0 Å². The molecule has 2 fully saturated rings. The van der Waals surface area contributed by atoms with Gasteiger partial charge in [-0.05, 0) is 78.9 Å². The fraction of sp³-hybridized carbons (Fsp3) is 0.312. The number of Topliss-reactive ketones (excluding diaryl/α,β-unsaturated/α-hetero) is 1. The second-order valence-electron chi connectivity index (χ2n) is 11.7. The number of piperidine rings is 1. The van der Waals surface area contributed by atoms with E-state index in [-0.39, 0.29) is 45.7 Å². The Balaban J connectivity index is 1.34. The molecule has 4 heterocycles. The normalized spacial score (nSPS) is 20.8. The number of hydrogen-bond acceptors (Lipinski definition) is 6. The minimum Gasteiger partial charge on any atom is -0.337 e. The van der Waals surface area contributed by atoms with E-state index < -0.39 is 17.8 Å². The van der Waals surface area contributed by atoms with Gasteiger partial charge < -0.3 is 14.8 Å². The molecule has 43 heavy (non-hydrogen) atoms. The van der Waals surface area contributed by atoms with Crippen LogP contribution in [0.4, 0.5) is 10.2 Å². The first-order chi connectivity index (χ1) is 20.3. The third kappa shape index (κ3) is 4.75. The number of fused-ring (bicyclic) bond motifs is 2. The van der Waals surface area contributed by atoms with Gasteiger partial charge in [-0.25, -0.2) is 19.3 Å². The number of hydrogen-bond donors (Lipinski definition) is 1. The van der Waals surface area contributed by atoms with E-state index in [0.29, 0.717) is 17.8 Å². The number of ketones is 1.